The number of ether oxygens (including phenoxy) is 2. The largest absolute Gasteiger partial charge is 2.00 e. The molecule has 276 valence electrons. The number of hydrogen-bond donors (Lipinski definition) is 0. The molecule has 6 aromatic heterocycles. The minimum atomic E-state index is -0.473. The van der Waals surface area contributed by atoms with E-state index in [1.807, 2.05) is 60.9 Å². The molecular formula is C42H22F2N8O2Pt2. The predicted octanol–water partition coefficient (Wildman–Crippen LogP) is 8.95. The van der Waals surface area contributed by atoms with Crippen LogP contribution < -0.4 is 9.47 Å². The van der Waals surface area contributed by atoms with Gasteiger partial charge in [0.15, 0.2) is 0 Å². The molecule has 10 rings (SSSR count). The number of benzene rings is 4. The molecule has 0 aliphatic carbocycles. The first-order valence-electron chi connectivity index (χ1n) is 16.7. The first-order valence-corrected chi connectivity index (χ1v) is 16.7. The Kier molecular flexibility index (Phi) is 9.93. The van der Waals surface area contributed by atoms with Crippen LogP contribution in [0.2, 0.25) is 0 Å². The molecule has 0 N–H and O–H groups in total. The van der Waals surface area contributed by atoms with E-state index in [4.69, 9.17) is 9.47 Å². The summed E-state index contributed by atoms with van der Waals surface area (Å²) in [6.45, 7) is 0. The molecule has 0 saturated carbocycles. The van der Waals surface area contributed by atoms with Crippen LogP contribution >= 0.6 is 0 Å². The average molecular weight is 1100 g/mol. The van der Waals surface area contributed by atoms with E-state index in [0.717, 1.165) is 0 Å². The van der Waals surface area contributed by atoms with Gasteiger partial charge in [-0.2, -0.15) is 34.5 Å². The van der Waals surface area contributed by atoms with Gasteiger partial charge in [-0.1, -0.05) is 21.8 Å². The Labute approximate surface area is 346 Å². The Bertz CT molecular complexity index is 2800. The Morgan fingerprint density at radius 2 is 0.929 bits per heavy atom. The van der Waals surface area contributed by atoms with Crippen LogP contribution in [0.4, 0.5) is 8.78 Å². The molecule has 4 aromatic carbocycles. The quantitative estimate of drug-likeness (QED) is 0.141. The molecule has 0 unspecified atom stereocenters. The molecule has 0 aliphatic heterocycles. The summed E-state index contributed by atoms with van der Waals surface area (Å²) in [5.74, 6) is 1.30. The molecule has 0 fully saturated rings. The normalized spacial score (nSPS) is 11.1. The molecule has 10 aromatic rings. The smallest absolute Gasteiger partial charge is 0.509 e. The van der Waals surface area contributed by atoms with E-state index in [9.17, 15) is 8.78 Å². The summed E-state index contributed by atoms with van der Waals surface area (Å²) in [5, 5.41) is 9.95. The molecule has 0 atom stereocenters. The van der Waals surface area contributed by atoms with Crippen LogP contribution in [0.25, 0.3) is 55.8 Å². The third kappa shape index (κ3) is 6.61. The van der Waals surface area contributed by atoms with Gasteiger partial charge < -0.3 is 18.6 Å². The van der Waals surface area contributed by atoms with Gasteiger partial charge in [-0.15, -0.1) is 60.7 Å². The van der Waals surface area contributed by atoms with Crippen molar-refractivity contribution in [2.75, 3.05) is 0 Å². The molecule has 6 heterocycles. The maximum atomic E-state index is 14.9. The van der Waals surface area contributed by atoms with Crippen LogP contribution in [0.15, 0.2) is 134 Å². The Hall–Kier alpha value is -6.22. The van der Waals surface area contributed by atoms with Crippen molar-refractivity contribution < 1.29 is 60.4 Å². The van der Waals surface area contributed by atoms with Crippen molar-refractivity contribution in [3.63, 3.8) is 0 Å². The van der Waals surface area contributed by atoms with Crippen LogP contribution in [0.1, 0.15) is 0 Å². The van der Waals surface area contributed by atoms with Gasteiger partial charge in [0, 0.05) is 83.3 Å². The van der Waals surface area contributed by atoms with Gasteiger partial charge in [0.1, 0.15) is 23.3 Å². The second kappa shape index (κ2) is 15.1. The molecule has 10 nitrogen and oxygen atoms in total. The SMILES string of the molecule is Fc1ccnc(-n2c3[c-]c(Oc4[c-]c(-n5cccn5)ccc4)ccc3c3c2c2ccc(Oc4[c-]c(-n5cccn5)ccc4)[c-]c2n3-c2cc(F)ccn2)c1.[Pt+2].[Pt+2]. The predicted molar refractivity (Wildman–Crippen MR) is 196 cm³/mol. The maximum absolute atomic E-state index is 14.9. The third-order valence-electron chi connectivity index (χ3n) is 8.75. The van der Waals surface area contributed by atoms with Crippen molar-refractivity contribution >= 4 is 32.8 Å². The monoisotopic (exact) mass is 1100 g/mol. The van der Waals surface area contributed by atoms with E-state index >= 15 is 0 Å². The third-order valence-corrected chi connectivity index (χ3v) is 8.75. The van der Waals surface area contributed by atoms with Crippen molar-refractivity contribution in [1.29, 1.82) is 0 Å². The van der Waals surface area contributed by atoms with Crippen LogP contribution in [0.3, 0.4) is 0 Å². The zero-order chi connectivity index (χ0) is 36.2. The fourth-order valence-corrected chi connectivity index (χ4v) is 6.52. The summed E-state index contributed by atoms with van der Waals surface area (Å²) >= 11 is 0. The first-order chi connectivity index (χ1) is 26.6. The van der Waals surface area contributed by atoms with Crippen LogP contribution in [0, 0.1) is 35.9 Å². The number of halogens is 2. The molecule has 0 amide bonds. The number of rotatable bonds is 8. The first kappa shape index (κ1) is 36.7. The van der Waals surface area contributed by atoms with Crippen molar-refractivity contribution in [2.45, 2.75) is 0 Å². The number of aromatic nitrogens is 8. The number of hydrogen-bond acceptors (Lipinski definition) is 6. The maximum Gasteiger partial charge on any atom is 2.00 e. The van der Waals surface area contributed by atoms with Crippen molar-refractivity contribution in [3.05, 3.63) is 170 Å². The molecule has 0 bridgehead atoms. The van der Waals surface area contributed by atoms with Crippen LogP contribution in [0.5, 0.6) is 23.0 Å². The van der Waals surface area contributed by atoms with Gasteiger partial charge in [-0.05, 0) is 35.6 Å². The molecule has 0 aliphatic rings. The van der Waals surface area contributed by atoms with E-state index < -0.39 is 11.6 Å². The molecule has 56 heavy (non-hydrogen) atoms. The summed E-state index contributed by atoms with van der Waals surface area (Å²) in [6, 6.07) is 40.4. The van der Waals surface area contributed by atoms with E-state index in [0.29, 0.717) is 78.8 Å². The summed E-state index contributed by atoms with van der Waals surface area (Å²) < 4.78 is 49.3. The van der Waals surface area contributed by atoms with Crippen LogP contribution in [-0.4, -0.2) is 38.7 Å². The van der Waals surface area contributed by atoms with Gasteiger partial charge in [0.05, 0.1) is 0 Å². The topological polar surface area (TPSA) is 89.7 Å². The Balaban J connectivity index is 0.00000220. The summed E-state index contributed by atoms with van der Waals surface area (Å²) in [6.07, 6.45) is 9.80. The summed E-state index contributed by atoms with van der Waals surface area (Å²) in [4.78, 5) is 9.11. The molecule has 0 saturated heterocycles. The van der Waals surface area contributed by atoms with Crippen LogP contribution in [-0.2, 0) is 42.1 Å². The number of pyridine rings is 2. The summed E-state index contributed by atoms with van der Waals surface area (Å²) in [7, 11) is 0. The van der Waals surface area contributed by atoms with E-state index in [2.05, 4.69) is 44.4 Å². The fraction of sp³-hybridized carbons (Fsp3) is 0. The van der Waals surface area contributed by atoms with Gasteiger partial charge in [-0.3, -0.25) is 9.36 Å². The van der Waals surface area contributed by atoms with Gasteiger partial charge in [0.25, 0.3) is 0 Å². The Morgan fingerprint density at radius 3 is 1.34 bits per heavy atom. The number of nitrogens with zero attached hydrogens (tertiary/aromatic N) is 8. The van der Waals surface area contributed by atoms with Crippen molar-refractivity contribution in [1.82, 2.24) is 38.7 Å². The number of fused-ring (bicyclic) bond motifs is 5. The molecule has 0 spiro atoms. The van der Waals surface area contributed by atoms with Gasteiger partial charge in [0.2, 0.25) is 0 Å². The Morgan fingerprint density at radius 1 is 0.482 bits per heavy atom. The molecule has 14 heteroatoms. The fourth-order valence-electron chi connectivity index (χ4n) is 6.52. The molecular weight excluding hydrogens is 1080 g/mol. The van der Waals surface area contributed by atoms with E-state index in [-0.39, 0.29) is 42.1 Å². The van der Waals surface area contributed by atoms with Gasteiger partial charge in [-0.25, -0.2) is 18.7 Å². The standard InChI is InChI=1S/C42H22F2N8O2.2Pt/c43-27-13-17-45-39(21-27)51-37-25-33(53-31-7-1-5-29(23-31)49-19-3-15-47-49)9-11-35(37)41-42(51)36-12-10-34(26-38(36)52(41)40-22-28(44)14-18-46-40)54-32-8-2-6-30(24-32)50-20-4-16-48-50;;/h1-22H;;/q-4;2*+2. The minimum absolute atomic E-state index is 0. The van der Waals surface area contributed by atoms with Crippen molar-refractivity contribution in [2.24, 2.45) is 0 Å². The van der Waals surface area contributed by atoms with Gasteiger partial charge >= 0.3 is 42.1 Å². The zero-order valence-electron chi connectivity index (χ0n) is 28.5. The second-order valence-corrected chi connectivity index (χ2v) is 12.1. The molecule has 0 radical (unpaired) electrons. The second-order valence-electron chi connectivity index (χ2n) is 12.1. The minimum Gasteiger partial charge on any atom is -0.509 e. The van der Waals surface area contributed by atoms with Crippen molar-refractivity contribution in [3.8, 4) is 46.0 Å². The average Bonchev–Trinajstić information content (AvgIpc) is 4.01. The van der Waals surface area contributed by atoms with E-state index in [1.54, 1.807) is 55.2 Å². The zero-order valence-corrected chi connectivity index (χ0v) is 33.0. The summed E-state index contributed by atoms with van der Waals surface area (Å²) in [5.41, 5.74) is 3.75. The van der Waals surface area contributed by atoms with E-state index in [1.165, 1.54) is 36.7 Å².